The lowest BCUT2D eigenvalue weighted by atomic mass is 10.0. The first-order chi connectivity index (χ1) is 9.74. The molecule has 108 valence electrons. The minimum absolute atomic E-state index is 0.230. The van der Waals surface area contributed by atoms with E-state index < -0.39 is 0 Å². The van der Waals surface area contributed by atoms with Crippen molar-refractivity contribution in [3.63, 3.8) is 0 Å². The molecule has 0 aliphatic carbocycles. The van der Waals surface area contributed by atoms with Gasteiger partial charge in [0.1, 0.15) is 12.2 Å². The van der Waals surface area contributed by atoms with Crippen LogP contribution < -0.4 is 5.32 Å². The van der Waals surface area contributed by atoms with Crippen molar-refractivity contribution in [1.82, 2.24) is 25.1 Å². The standard InChI is InChI=1S/C15H23N5/c1-4-8-20-15(18-11-19-20)9-14(16-5-2)13-7-6-12(3)17-10-13/h6-7,10-11,14,16H,4-5,8-9H2,1-3H3. The summed E-state index contributed by atoms with van der Waals surface area (Å²) in [5.74, 6) is 1.03. The summed E-state index contributed by atoms with van der Waals surface area (Å²) in [7, 11) is 0. The lowest BCUT2D eigenvalue weighted by Gasteiger charge is -2.18. The van der Waals surface area contributed by atoms with Gasteiger partial charge in [-0.3, -0.25) is 9.67 Å². The maximum Gasteiger partial charge on any atom is 0.138 e. The third-order valence-electron chi connectivity index (χ3n) is 3.30. The third kappa shape index (κ3) is 3.63. The van der Waals surface area contributed by atoms with Crippen LogP contribution in [0.3, 0.4) is 0 Å². The van der Waals surface area contributed by atoms with Crippen LogP contribution in [-0.4, -0.2) is 26.3 Å². The molecule has 0 bridgehead atoms. The van der Waals surface area contributed by atoms with Gasteiger partial charge in [0.05, 0.1) is 0 Å². The number of pyridine rings is 1. The first kappa shape index (κ1) is 14.7. The van der Waals surface area contributed by atoms with Gasteiger partial charge in [-0.2, -0.15) is 5.10 Å². The molecule has 0 aliphatic rings. The molecule has 2 heterocycles. The Morgan fingerprint density at radius 1 is 1.25 bits per heavy atom. The zero-order chi connectivity index (χ0) is 14.4. The SMILES string of the molecule is CCCn1ncnc1CC(NCC)c1ccc(C)nc1. The van der Waals surface area contributed by atoms with Gasteiger partial charge in [-0.1, -0.05) is 19.9 Å². The number of nitrogens with one attached hydrogen (secondary N) is 1. The molecule has 2 aromatic heterocycles. The number of aryl methyl sites for hydroxylation is 2. The summed E-state index contributed by atoms with van der Waals surface area (Å²) < 4.78 is 1.99. The Balaban J connectivity index is 2.16. The summed E-state index contributed by atoms with van der Waals surface area (Å²) in [5.41, 5.74) is 2.24. The molecule has 0 aliphatic heterocycles. The van der Waals surface area contributed by atoms with Gasteiger partial charge in [0.15, 0.2) is 0 Å². The lowest BCUT2D eigenvalue weighted by molar-refractivity contribution is 0.498. The molecule has 1 N–H and O–H groups in total. The fourth-order valence-corrected chi connectivity index (χ4v) is 2.27. The second-order valence-corrected chi connectivity index (χ2v) is 4.95. The van der Waals surface area contributed by atoms with Crippen molar-refractivity contribution in [2.75, 3.05) is 6.54 Å². The van der Waals surface area contributed by atoms with E-state index in [1.54, 1.807) is 6.33 Å². The lowest BCUT2D eigenvalue weighted by Crippen LogP contribution is -2.24. The Hall–Kier alpha value is -1.75. The van der Waals surface area contributed by atoms with E-state index in [-0.39, 0.29) is 6.04 Å². The quantitative estimate of drug-likeness (QED) is 0.841. The van der Waals surface area contributed by atoms with Gasteiger partial charge in [-0.05, 0) is 31.5 Å². The topological polar surface area (TPSA) is 55.6 Å². The van der Waals surface area contributed by atoms with Gasteiger partial charge < -0.3 is 5.32 Å². The monoisotopic (exact) mass is 273 g/mol. The molecule has 0 aromatic carbocycles. The van der Waals surface area contributed by atoms with Crippen LogP contribution in [0.4, 0.5) is 0 Å². The van der Waals surface area contributed by atoms with E-state index >= 15 is 0 Å². The predicted molar refractivity (Wildman–Crippen MR) is 79.4 cm³/mol. The van der Waals surface area contributed by atoms with Crippen molar-refractivity contribution in [3.8, 4) is 0 Å². The van der Waals surface area contributed by atoms with Crippen molar-refractivity contribution >= 4 is 0 Å². The molecule has 0 fully saturated rings. The van der Waals surface area contributed by atoms with E-state index in [0.717, 1.165) is 37.4 Å². The maximum absolute atomic E-state index is 4.39. The highest BCUT2D eigenvalue weighted by molar-refractivity contribution is 5.18. The number of rotatable bonds is 7. The van der Waals surface area contributed by atoms with E-state index in [2.05, 4.69) is 46.4 Å². The molecule has 0 spiro atoms. The molecule has 2 rings (SSSR count). The second kappa shape index (κ2) is 7.14. The number of aromatic nitrogens is 4. The highest BCUT2D eigenvalue weighted by atomic mass is 15.3. The molecular weight excluding hydrogens is 250 g/mol. The highest BCUT2D eigenvalue weighted by Crippen LogP contribution is 2.17. The van der Waals surface area contributed by atoms with Crippen LogP contribution in [0.15, 0.2) is 24.7 Å². The normalized spacial score (nSPS) is 12.6. The van der Waals surface area contributed by atoms with Gasteiger partial charge in [0, 0.05) is 30.9 Å². The Labute approximate surface area is 120 Å². The first-order valence-electron chi connectivity index (χ1n) is 7.27. The smallest absolute Gasteiger partial charge is 0.138 e. The average molecular weight is 273 g/mol. The number of hydrogen-bond donors (Lipinski definition) is 1. The molecule has 0 saturated heterocycles. The molecule has 0 saturated carbocycles. The summed E-state index contributed by atoms with van der Waals surface area (Å²) in [6, 6.07) is 4.42. The number of nitrogens with zero attached hydrogens (tertiary/aromatic N) is 4. The van der Waals surface area contributed by atoms with Gasteiger partial charge in [0.25, 0.3) is 0 Å². The van der Waals surface area contributed by atoms with Gasteiger partial charge in [-0.15, -0.1) is 0 Å². The van der Waals surface area contributed by atoms with Crippen molar-refractivity contribution in [2.24, 2.45) is 0 Å². The zero-order valence-corrected chi connectivity index (χ0v) is 12.5. The van der Waals surface area contributed by atoms with E-state index in [0.29, 0.717) is 0 Å². The van der Waals surface area contributed by atoms with E-state index in [1.165, 1.54) is 5.56 Å². The molecule has 1 unspecified atom stereocenters. The van der Waals surface area contributed by atoms with Crippen molar-refractivity contribution in [3.05, 3.63) is 41.7 Å². The summed E-state index contributed by atoms with van der Waals surface area (Å²) in [6.07, 6.45) is 5.48. The van der Waals surface area contributed by atoms with E-state index in [9.17, 15) is 0 Å². The highest BCUT2D eigenvalue weighted by Gasteiger charge is 2.15. The van der Waals surface area contributed by atoms with Gasteiger partial charge in [0.2, 0.25) is 0 Å². The van der Waals surface area contributed by atoms with Crippen LogP contribution in [-0.2, 0) is 13.0 Å². The molecule has 2 aromatic rings. The first-order valence-corrected chi connectivity index (χ1v) is 7.27. The Morgan fingerprint density at radius 2 is 2.10 bits per heavy atom. The molecule has 5 nitrogen and oxygen atoms in total. The van der Waals surface area contributed by atoms with Crippen LogP contribution in [0.5, 0.6) is 0 Å². The fourth-order valence-electron chi connectivity index (χ4n) is 2.27. The van der Waals surface area contributed by atoms with E-state index in [4.69, 9.17) is 0 Å². The maximum atomic E-state index is 4.39. The van der Waals surface area contributed by atoms with Crippen molar-refractivity contribution in [2.45, 2.75) is 46.2 Å². The van der Waals surface area contributed by atoms with Crippen LogP contribution in [0.2, 0.25) is 0 Å². The summed E-state index contributed by atoms with van der Waals surface area (Å²) in [5, 5.41) is 7.79. The predicted octanol–water partition coefficient (Wildman–Crippen LogP) is 2.28. The summed E-state index contributed by atoms with van der Waals surface area (Å²) >= 11 is 0. The Morgan fingerprint density at radius 3 is 2.75 bits per heavy atom. The fraction of sp³-hybridized carbons (Fsp3) is 0.533. The molecule has 0 amide bonds. The number of hydrogen-bond acceptors (Lipinski definition) is 4. The molecule has 5 heteroatoms. The van der Waals surface area contributed by atoms with Gasteiger partial charge in [-0.25, -0.2) is 4.98 Å². The zero-order valence-electron chi connectivity index (χ0n) is 12.5. The minimum Gasteiger partial charge on any atom is -0.310 e. The van der Waals surface area contributed by atoms with Crippen LogP contribution in [0.25, 0.3) is 0 Å². The van der Waals surface area contributed by atoms with Crippen molar-refractivity contribution in [1.29, 1.82) is 0 Å². The summed E-state index contributed by atoms with van der Waals surface area (Å²) in [4.78, 5) is 8.78. The Bertz CT molecular complexity index is 517. The number of likely N-dealkylation sites (N-methyl/N-ethyl adjacent to an activating group) is 1. The Kier molecular flexibility index (Phi) is 5.24. The summed E-state index contributed by atoms with van der Waals surface area (Å²) in [6.45, 7) is 8.10. The molecule has 1 atom stereocenters. The molecule has 20 heavy (non-hydrogen) atoms. The van der Waals surface area contributed by atoms with Crippen LogP contribution >= 0.6 is 0 Å². The second-order valence-electron chi connectivity index (χ2n) is 4.95. The van der Waals surface area contributed by atoms with Crippen molar-refractivity contribution < 1.29 is 0 Å². The van der Waals surface area contributed by atoms with Crippen LogP contribution in [0.1, 0.15) is 43.4 Å². The van der Waals surface area contributed by atoms with Crippen LogP contribution in [0, 0.1) is 6.92 Å². The third-order valence-corrected chi connectivity index (χ3v) is 3.30. The van der Waals surface area contributed by atoms with E-state index in [1.807, 2.05) is 17.8 Å². The minimum atomic E-state index is 0.230. The van der Waals surface area contributed by atoms with Gasteiger partial charge >= 0.3 is 0 Å². The largest absolute Gasteiger partial charge is 0.310 e. The molecule has 0 radical (unpaired) electrons. The molecular formula is C15H23N5. The average Bonchev–Trinajstić information content (AvgIpc) is 2.87.